The number of oxazole rings is 1. The molecule has 0 bridgehead atoms. The predicted molar refractivity (Wildman–Crippen MR) is 77.2 cm³/mol. The van der Waals surface area contributed by atoms with E-state index in [-0.39, 0.29) is 11.9 Å². The molecule has 2 N–H and O–H groups in total. The standard InChI is InChI=1S/C15H25N3O2/c1-3-13-9-17-14(20-13)10-16-11(2)15(19)18-12-7-5-4-6-8-12/h9,11-12,16H,3-8,10H2,1-2H3,(H,18,19). The fraction of sp³-hybridized carbons (Fsp3) is 0.733. The molecular formula is C15H25N3O2. The first kappa shape index (κ1) is 15.0. The van der Waals surface area contributed by atoms with Crippen molar-refractivity contribution in [2.24, 2.45) is 0 Å². The summed E-state index contributed by atoms with van der Waals surface area (Å²) in [5.74, 6) is 1.58. The van der Waals surface area contributed by atoms with Crippen LogP contribution in [-0.2, 0) is 17.8 Å². The second-order valence-electron chi connectivity index (χ2n) is 5.52. The Morgan fingerprint density at radius 2 is 2.20 bits per heavy atom. The molecule has 112 valence electrons. The molecule has 0 saturated heterocycles. The highest BCUT2D eigenvalue weighted by Crippen LogP contribution is 2.17. The van der Waals surface area contributed by atoms with E-state index in [1.165, 1.54) is 19.3 Å². The van der Waals surface area contributed by atoms with Crippen molar-refractivity contribution in [2.75, 3.05) is 0 Å². The third-order valence-electron chi connectivity index (χ3n) is 3.85. The highest BCUT2D eigenvalue weighted by atomic mass is 16.4. The summed E-state index contributed by atoms with van der Waals surface area (Å²) in [5, 5.41) is 6.28. The molecule has 1 aromatic heterocycles. The van der Waals surface area contributed by atoms with Gasteiger partial charge in [-0.05, 0) is 19.8 Å². The molecule has 0 aliphatic heterocycles. The van der Waals surface area contributed by atoms with Gasteiger partial charge in [0.05, 0.1) is 18.8 Å². The Labute approximate surface area is 120 Å². The minimum Gasteiger partial charge on any atom is -0.444 e. The summed E-state index contributed by atoms with van der Waals surface area (Å²) in [7, 11) is 0. The Balaban J connectivity index is 1.72. The molecule has 1 unspecified atom stereocenters. The van der Waals surface area contributed by atoms with Crippen LogP contribution < -0.4 is 10.6 Å². The Hall–Kier alpha value is -1.36. The number of nitrogens with one attached hydrogen (secondary N) is 2. The van der Waals surface area contributed by atoms with Crippen molar-refractivity contribution in [1.82, 2.24) is 15.6 Å². The molecule has 1 fully saturated rings. The van der Waals surface area contributed by atoms with E-state index in [9.17, 15) is 4.79 Å². The molecular weight excluding hydrogens is 254 g/mol. The maximum Gasteiger partial charge on any atom is 0.237 e. The Bertz CT molecular complexity index is 425. The van der Waals surface area contributed by atoms with Crippen molar-refractivity contribution >= 4 is 5.91 Å². The molecule has 20 heavy (non-hydrogen) atoms. The number of amides is 1. The van der Waals surface area contributed by atoms with Crippen LogP contribution in [0.15, 0.2) is 10.6 Å². The van der Waals surface area contributed by atoms with Crippen molar-refractivity contribution in [1.29, 1.82) is 0 Å². The maximum absolute atomic E-state index is 12.1. The molecule has 1 aliphatic carbocycles. The summed E-state index contributed by atoms with van der Waals surface area (Å²) in [5.41, 5.74) is 0. The monoisotopic (exact) mass is 279 g/mol. The number of hydrogen-bond donors (Lipinski definition) is 2. The van der Waals surface area contributed by atoms with Gasteiger partial charge in [-0.15, -0.1) is 0 Å². The first-order valence-electron chi connectivity index (χ1n) is 7.66. The van der Waals surface area contributed by atoms with E-state index in [0.29, 0.717) is 18.5 Å². The third kappa shape index (κ3) is 4.34. The van der Waals surface area contributed by atoms with Gasteiger partial charge in [0.25, 0.3) is 0 Å². The lowest BCUT2D eigenvalue weighted by Gasteiger charge is -2.24. The summed E-state index contributed by atoms with van der Waals surface area (Å²) in [6.07, 6.45) is 8.54. The Kier molecular flexibility index (Phi) is 5.59. The lowest BCUT2D eigenvalue weighted by molar-refractivity contribution is -0.123. The average Bonchev–Trinajstić information content (AvgIpc) is 2.93. The molecule has 5 nitrogen and oxygen atoms in total. The van der Waals surface area contributed by atoms with Gasteiger partial charge < -0.3 is 9.73 Å². The quantitative estimate of drug-likeness (QED) is 0.837. The highest BCUT2D eigenvalue weighted by Gasteiger charge is 2.19. The van der Waals surface area contributed by atoms with Gasteiger partial charge in [-0.3, -0.25) is 10.1 Å². The molecule has 1 aromatic rings. The molecule has 1 atom stereocenters. The van der Waals surface area contributed by atoms with Crippen LogP contribution >= 0.6 is 0 Å². The van der Waals surface area contributed by atoms with E-state index in [2.05, 4.69) is 15.6 Å². The van der Waals surface area contributed by atoms with Crippen molar-refractivity contribution in [3.63, 3.8) is 0 Å². The molecule has 0 spiro atoms. The van der Waals surface area contributed by atoms with E-state index >= 15 is 0 Å². The smallest absolute Gasteiger partial charge is 0.237 e. The van der Waals surface area contributed by atoms with Crippen LogP contribution in [0.25, 0.3) is 0 Å². The largest absolute Gasteiger partial charge is 0.444 e. The van der Waals surface area contributed by atoms with Gasteiger partial charge in [0.1, 0.15) is 5.76 Å². The number of nitrogens with zero attached hydrogens (tertiary/aromatic N) is 1. The number of carbonyl (C=O) groups is 1. The van der Waals surface area contributed by atoms with Gasteiger partial charge in [-0.1, -0.05) is 26.2 Å². The highest BCUT2D eigenvalue weighted by molar-refractivity contribution is 5.81. The van der Waals surface area contributed by atoms with Crippen LogP contribution in [0.2, 0.25) is 0 Å². The second kappa shape index (κ2) is 7.43. The molecule has 0 aromatic carbocycles. The summed E-state index contributed by atoms with van der Waals surface area (Å²) in [6, 6.07) is 0.128. The van der Waals surface area contributed by atoms with Crippen LogP contribution in [-0.4, -0.2) is 23.0 Å². The lowest BCUT2D eigenvalue weighted by Crippen LogP contribution is -2.46. The van der Waals surface area contributed by atoms with Crippen LogP contribution in [0.3, 0.4) is 0 Å². The van der Waals surface area contributed by atoms with Crippen molar-refractivity contribution in [2.45, 2.75) is 71.0 Å². The van der Waals surface area contributed by atoms with E-state index in [1.807, 2.05) is 13.8 Å². The molecule has 1 amide bonds. The van der Waals surface area contributed by atoms with Gasteiger partial charge >= 0.3 is 0 Å². The van der Waals surface area contributed by atoms with Gasteiger partial charge in [0.15, 0.2) is 0 Å². The maximum atomic E-state index is 12.1. The summed E-state index contributed by atoms with van der Waals surface area (Å²) in [4.78, 5) is 16.2. The normalized spacial score (nSPS) is 17.9. The predicted octanol–water partition coefficient (Wildman–Crippen LogP) is 2.16. The van der Waals surface area contributed by atoms with Gasteiger partial charge in [0, 0.05) is 12.5 Å². The summed E-state index contributed by atoms with van der Waals surface area (Å²) < 4.78 is 5.51. The van der Waals surface area contributed by atoms with Crippen LogP contribution in [0.5, 0.6) is 0 Å². The van der Waals surface area contributed by atoms with Gasteiger partial charge in [-0.2, -0.15) is 0 Å². The van der Waals surface area contributed by atoms with Crippen LogP contribution in [0.4, 0.5) is 0 Å². The molecule has 1 heterocycles. The fourth-order valence-corrected chi connectivity index (χ4v) is 2.50. The number of aryl methyl sites for hydroxylation is 1. The van der Waals surface area contributed by atoms with E-state index in [0.717, 1.165) is 25.0 Å². The number of aromatic nitrogens is 1. The minimum atomic E-state index is -0.228. The summed E-state index contributed by atoms with van der Waals surface area (Å²) >= 11 is 0. The summed E-state index contributed by atoms with van der Waals surface area (Å²) in [6.45, 7) is 4.39. The van der Waals surface area contributed by atoms with E-state index < -0.39 is 0 Å². The number of hydrogen-bond acceptors (Lipinski definition) is 4. The SMILES string of the molecule is CCc1cnc(CNC(C)C(=O)NC2CCCCC2)o1. The zero-order valence-electron chi connectivity index (χ0n) is 12.4. The van der Waals surface area contributed by atoms with Gasteiger partial charge in [-0.25, -0.2) is 4.98 Å². The minimum absolute atomic E-state index is 0.0687. The Morgan fingerprint density at radius 1 is 1.45 bits per heavy atom. The molecule has 5 heteroatoms. The van der Waals surface area contributed by atoms with Crippen molar-refractivity contribution in [3.05, 3.63) is 17.8 Å². The first-order chi connectivity index (χ1) is 9.69. The second-order valence-corrected chi connectivity index (χ2v) is 5.52. The molecule has 2 rings (SSSR count). The van der Waals surface area contributed by atoms with Crippen molar-refractivity contribution in [3.8, 4) is 0 Å². The third-order valence-corrected chi connectivity index (χ3v) is 3.85. The number of carbonyl (C=O) groups excluding carboxylic acids is 1. The Morgan fingerprint density at radius 3 is 2.85 bits per heavy atom. The van der Waals surface area contributed by atoms with Gasteiger partial charge in [0.2, 0.25) is 11.8 Å². The zero-order valence-corrected chi connectivity index (χ0v) is 12.4. The lowest BCUT2D eigenvalue weighted by atomic mass is 9.95. The van der Waals surface area contributed by atoms with E-state index in [4.69, 9.17) is 4.42 Å². The average molecular weight is 279 g/mol. The zero-order chi connectivity index (χ0) is 14.4. The first-order valence-corrected chi connectivity index (χ1v) is 7.66. The van der Waals surface area contributed by atoms with E-state index in [1.54, 1.807) is 6.20 Å². The van der Waals surface area contributed by atoms with Crippen molar-refractivity contribution < 1.29 is 9.21 Å². The number of rotatable bonds is 6. The van der Waals surface area contributed by atoms with Crippen LogP contribution in [0.1, 0.15) is 57.6 Å². The molecule has 0 radical (unpaired) electrons. The van der Waals surface area contributed by atoms with Crippen LogP contribution in [0, 0.1) is 0 Å². The topological polar surface area (TPSA) is 67.2 Å². The molecule has 1 saturated carbocycles. The fourth-order valence-electron chi connectivity index (χ4n) is 2.50. The molecule has 1 aliphatic rings.